The summed E-state index contributed by atoms with van der Waals surface area (Å²) in [6.07, 6.45) is 1.80. The second kappa shape index (κ2) is 9.57. The second-order valence-corrected chi connectivity index (χ2v) is 9.85. The number of hydrogen-bond donors (Lipinski definition) is 0. The summed E-state index contributed by atoms with van der Waals surface area (Å²) in [5, 5.41) is 8.38. The number of carbonyl (C=O) groups is 1. The molecule has 2 aromatic rings. The number of nitrogens with zero attached hydrogens (tertiary/aromatic N) is 5. The molecule has 0 radical (unpaired) electrons. The van der Waals surface area contributed by atoms with Crippen molar-refractivity contribution in [3.8, 4) is 0 Å². The average molecular weight is 410 g/mol. The topological polar surface area (TPSA) is 62.2 Å². The van der Waals surface area contributed by atoms with E-state index in [9.17, 15) is 4.79 Å². The van der Waals surface area contributed by atoms with Crippen LogP contribution < -0.4 is 4.90 Å². The average Bonchev–Trinajstić information content (AvgIpc) is 3.13. The Labute approximate surface area is 166 Å². The van der Waals surface area contributed by atoms with Crippen LogP contribution in [0.2, 0.25) is 0 Å². The number of rotatable bonds is 7. The van der Waals surface area contributed by atoms with Gasteiger partial charge in [0.25, 0.3) is 0 Å². The lowest BCUT2D eigenvalue weighted by Crippen LogP contribution is -2.49. The Morgan fingerprint density at radius 3 is 2.54 bits per heavy atom. The van der Waals surface area contributed by atoms with Crippen molar-refractivity contribution in [2.45, 2.75) is 22.5 Å². The smallest absolute Gasteiger partial charge is 0.233 e. The Hall–Kier alpha value is -1.32. The van der Waals surface area contributed by atoms with Crippen molar-refractivity contribution in [1.29, 1.82) is 0 Å². The SMILES string of the molecule is CC(C)CSc1nnc(SCC(=O)N2CCN(c3ccccn3)CC2)s1. The molecule has 1 fully saturated rings. The number of amides is 1. The minimum absolute atomic E-state index is 0.169. The molecule has 1 aliphatic rings. The van der Waals surface area contributed by atoms with Gasteiger partial charge in [-0.3, -0.25) is 4.79 Å². The van der Waals surface area contributed by atoms with Crippen LogP contribution in [-0.2, 0) is 4.79 Å². The third-order valence-electron chi connectivity index (χ3n) is 3.85. The van der Waals surface area contributed by atoms with Crippen LogP contribution >= 0.6 is 34.9 Å². The van der Waals surface area contributed by atoms with Crippen molar-refractivity contribution in [2.24, 2.45) is 5.92 Å². The van der Waals surface area contributed by atoms with Crippen molar-refractivity contribution in [1.82, 2.24) is 20.1 Å². The van der Waals surface area contributed by atoms with Gasteiger partial charge in [0.15, 0.2) is 8.68 Å². The zero-order valence-electron chi connectivity index (χ0n) is 15.0. The normalized spacial score (nSPS) is 14.9. The Bertz CT molecular complexity index is 701. The molecule has 0 saturated carbocycles. The number of carbonyl (C=O) groups excluding carboxylic acids is 1. The van der Waals surface area contributed by atoms with Crippen LogP contribution in [0.4, 0.5) is 5.82 Å². The highest BCUT2D eigenvalue weighted by molar-refractivity contribution is 8.03. The molecule has 0 aromatic carbocycles. The van der Waals surface area contributed by atoms with Gasteiger partial charge in [-0.1, -0.05) is 54.8 Å². The van der Waals surface area contributed by atoms with Gasteiger partial charge in [-0.25, -0.2) is 4.98 Å². The fourth-order valence-corrected chi connectivity index (χ4v) is 5.39. The Balaban J connectivity index is 1.42. The molecule has 1 amide bonds. The molecule has 3 heterocycles. The molecular formula is C17H23N5OS3. The summed E-state index contributed by atoms with van der Waals surface area (Å²) in [6, 6.07) is 5.92. The number of aromatic nitrogens is 3. The number of anilines is 1. The predicted molar refractivity (Wildman–Crippen MR) is 109 cm³/mol. The molecule has 6 nitrogen and oxygen atoms in total. The van der Waals surface area contributed by atoms with Crippen LogP contribution in [0.25, 0.3) is 0 Å². The molecule has 0 aliphatic carbocycles. The quantitative estimate of drug-likeness (QED) is 0.651. The maximum absolute atomic E-state index is 12.5. The molecule has 1 aliphatic heterocycles. The molecule has 0 spiro atoms. The van der Waals surface area contributed by atoms with E-state index in [1.54, 1.807) is 29.3 Å². The van der Waals surface area contributed by atoms with Crippen LogP contribution in [0.1, 0.15) is 13.8 Å². The molecule has 3 rings (SSSR count). The number of piperazine rings is 1. The first kappa shape index (κ1) is 19.4. The summed E-state index contributed by atoms with van der Waals surface area (Å²) in [6.45, 7) is 7.50. The molecular weight excluding hydrogens is 386 g/mol. The summed E-state index contributed by atoms with van der Waals surface area (Å²) in [4.78, 5) is 21.0. The zero-order chi connectivity index (χ0) is 18.4. The van der Waals surface area contributed by atoms with Crippen LogP contribution in [-0.4, -0.2) is 63.7 Å². The molecule has 0 bridgehead atoms. The van der Waals surface area contributed by atoms with Gasteiger partial charge in [-0.15, -0.1) is 10.2 Å². The summed E-state index contributed by atoms with van der Waals surface area (Å²) in [5.41, 5.74) is 0. The fourth-order valence-electron chi connectivity index (χ4n) is 2.49. The first-order valence-corrected chi connectivity index (χ1v) is 11.4. The standard InChI is InChI=1S/C17H23N5OS3/c1-13(2)11-24-16-19-20-17(26-16)25-12-15(23)22-9-7-21(8-10-22)14-5-3-4-6-18-14/h3-6,13H,7-12H2,1-2H3. The van der Waals surface area contributed by atoms with Gasteiger partial charge in [0.2, 0.25) is 5.91 Å². The lowest BCUT2D eigenvalue weighted by Gasteiger charge is -2.35. The van der Waals surface area contributed by atoms with E-state index in [-0.39, 0.29) is 5.91 Å². The van der Waals surface area contributed by atoms with E-state index in [2.05, 4.69) is 33.9 Å². The van der Waals surface area contributed by atoms with E-state index < -0.39 is 0 Å². The highest BCUT2D eigenvalue weighted by Crippen LogP contribution is 2.30. The van der Waals surface area contributed by atoms with E-state index in [4.69, 9.17) is 0 Å². The monoisotopic (exact) mass is 409 g/mol. The number of hydrogen-bond acceptors (Lipinski definition) is 8. The van der Waals surface area contributed by atoms with Gasteiger partial charge in [-0.2, -0.15) is 0 Å². The molecule has 1 saturated heterocycles. The van der Waals surface area contributed by atoms with E-state index in [0.717, 1.165) is 46.4 Å². The lowest BCUT2D eigenvalue weighted by atomic mass is 10.3. The maximum Gasteiger partial charge on any atom is 0.233 e. The molecule has 0 unspecified atom stereocenters. The van der Waals surface area contributed by atoms with E-state index in [1.165, 1.54) is 11.8 Å². The summed E-state index contributed by atoms with van der Waals surface area (Å²) >= 11 is 4.80. The van der Waals surface area contributed by atoms with Gasteiger partial charge in [0.05, 0.1) is 5.75 Å². The predicted octanol–water partition coefficient (Wildman–Crippen LogP) is 3.12. The molecule has 2 aromatic heterocycles. The lowest BCUT2D eigenvalue weighted by molar-refractivity contribution is -0.128. The minimum Gasteiger partial charge on any atom is -0.353 e. The zero-order valence-corrected chi connectivity index (χ0v) is 17.4. The first-order valence-electron chi connectivity index (χ1n) is 8.64. The molecule has 0 N–H and O–H groups in total. The van der Waals surface area contributed by atoms with Crippen molar-refractivity contribution in [3.05, 3.63) is 24.4 Å². The summed E-state index contributed by atoms with van der Waals surface area (Å²) in [5.74, 6) is 3.24. The Morgan fingerprint density at radius 2 is 1.88 bits per heavy atom. The largest absolute Gasteiger partial charge is 0.353 e. The van der Waals surface area contributed by atoms with E-state index in [1.807, 2.05) is 23.1 Å². The number of thioether (sulfide) groups is 2. The van der Waals surface area contributed by atoms with Gasteiger partial charge in [-0.05, 0) is 18.1 Å². The highest BCUT2D eigenvalue weighted by Gasteiger charge is 2.22. The highest BCUT2D eigenvalue weighted by atomic mass is 32.2. The third-order valence-corrected chi connectivity index (χ3v) is 7.45. The third kappa shape index (κ3) is 5.59. The van der Waals surface area contributed by atoms with Crippen molar-refractivity contribution >= 4 is 46.6 Å². The first-order chi connectivity index (χ1) is 12.6. The second-order valence-electron chi connectivity index (χ2n) is 6.38. The Morgan fingerprint density at radius 1 is 1.15 bits per heavy atom. The molecule has 9 heteroatoms. The minimum atomic E-state index is 0.169. The van der Waals surface area contributed by atoms with Crippen LogP contribution in [0.5, 0.6) is 0 Å². The summed E-state index contributed by atoms with van der Waals surface area (Å²) in [7, 11) is 0. The van der Waals surface area contributed by atoms with Crippen LogP contribution in [0.15, 0.2) is 33.1 Å². The van der Waals surface area contributed by atoms with Gasteiger partial charge >= 0.3 is 0 Å². The van der Waals surface area contributed by atoms with Crippen molar-refractivity contribution < 1.29 is 4.79 Å². The van der Waals surface area contributed by atoms with Crippen LogP contribution in [0.3, 0.4) is 0 Å². The Kier molecular flexibility index (Phi) is 7.15. The van der Waals surface area contributed by atoms with E-state index in [0.29, 0.717) is 11.7 Å². The van der Waals surface area contributed by atoms with E-state index >= 15 is 0 Å². The molecule has 0 atom stereocenters. The molecule has 26 heavy (non-hydrogen) atoms. The fraction of sp³-hybridized carbons (Fsp3) is 0.529. The van der Waals surface area contributed by atoms with Crippen molar-refractivity contribution in [2.75, 3.05) is 42.6 Å². The maximum atomic E-state index is 12.5. The van der Waals surface area contributed by atoms with Gasteiger partial charge in [0.1, 0.15) is 5.82 Å². The van der Waals surface area contributed by atoms with Gasteiger partial charge < -0.3 is 9.80 Å². The summed E-state index contributed by atoms with van der Waals surface area (Å²) < 4.78 is 1.86. The number of pyridine rings is 1. The van der Waals surface area contributed by atoms with Crippen molar-refractivity contribution in [3.63, 3.8) is 0 Å². The van der Waals surface area contributed by atoms with Crippen LogP contribution in [0, 0.1) is 5.92 Å². The molecule has 140 valence electrons. The van der Waals surface area contributed by atoms with Gasteiger partial charge in [0, 0.05) is 38.1 Å².